The Bertz CT molecular complexity index is 246. The predicted molar refractivity (Wildman–Crippen MR) is 46.3 cm³/mol. The maximum Gasteiger partial charge on any atom is 0.319 e. The standard InChI is InChI=1S/C9H10NO2/c1-8(12)10(7-11)9-5-3-2-4-6-9/h2-6,8,12H,1H3. The fourth-order valence-corrected chi connectivity index (χ4v) is 0.933. The van der Waals surface area contributed by atoms with Gasteiger partial charge in [-0.3, -0.25) is 9.69 Å². The van der Waals surface area contributed by atoms with Crippen LogP contribution in [0.15, 0.2) is 30.3 Å². The molecule has 1 unspecified atom stereocenters. The highest BCUT2D eigenvalue weighted by molar-refractivity contribution is 5.75. The van der Waals surface area contributed by atoms with Crippen LogP contribution in [0.3, 0.4) is 0 Å². The monoisotopic (exact) mass is 164 g/mol. The van der Waals surface area contributed by atoms with Gasteiger partial charge in [0.1, 0.15) is 6.23 Å². The van der Waals surface area contributed by atoms with Gasteiger partial charge in [0, 0.05) is 5.69 Å². The molecule has 0 aromatic heterocycles. The summed E-state index contributed by atoms with van der Waals surface area (Å²) in [6, 6.07) is 8.90. The van der Waals surface area contributed by atoms with Crippen molar-refractivity contribution in [3.63, 3.8) is 0 Å². The highest BCUT2D eigenvalue weighted by atomic mass is 16.3. The number of amides is 1. The Labute approximate surface area is 71.2 Å². The van der Waals surface area contributed by atoms with E-state index in [1.165, 1.54) is 6.92 Å². The van der Waals surface area contributed by atoms with E-state index in [9.17, 15) is 4.79 Å². The number of aliphatic hydroxyl groups is 1. The summed E-state index contributed by atoms with van der Waals surface area (Å²) in [6.07, 6.45) is 0.808. The summed E-state index contributed by atoms with van der Waals surface area (Å²) in [4.78, 5) is 11.5. The molecule has 1 rings (SSSR count). The summed E-state index contributed by atoms with van der Waals surface area (Å²) in [6.45, 7) is 1.51. The number of carbonyl (C=O) groups excluding carboxylic acids is 1. The Morgan fingerprint density at radius 3 is 2.42 bits per heavy atom. The molecule has 0 heterocycles. The van der Waals surface area contributed by atoms with Crippen LogP contribution in [0.1, 0.15) is 6.92 Å². The van der Waals surface area contributed by atoms with Crippen LogP contribution in [0, 0.1) is 0 Å². The van der Waals surface area contributed by atoms with Crippen molar-refractivity contribution in [3.8, 4) is 0 Å². The lowest BCUT2D eigenvalue weighted by Crippen LogP contribution is -2.30. The Hall–Kier alpha value is -1.35. The second kappa shape index (κ2) is 3.88. The van der Waals surface area contributed by atoms with Crippen LogP contribution in [0.5, 0.6) is 0 Å². The largest absolute Gasteiger partial charge is 0.373 e. The minimum absolute atomic E-state index is 0.641. The molecule has 1 amide bonds. The van der Waals surface area contributed by atoms with Gasteiger partial charge in [-0.15, -0.1) is 0 Å². The van der Waals surface area contributed by atoms with Crippen LogP contribution >= 0.6 is 0 Å². The third-order valence-electron chi connectivity index (χ3n) is 1.51. The number of aliphatic hydroxyl groups excluding tert-OH is 1. The Morgan fingerprint density at radius 2 is 2.00 bits per heavy atom. The van der Waals surface area contributed by atoms with Crippen LogP contribution in [-0.4, -0.2) is 17.7 Å². The number of hydrogen-bond acceptors (Lipinski definition) is 2. The van der Waals surface area contributed by atoms with Crippen LogP contribution in [-0.2, 0) is 4.79 Å². The minimum Gasteiger partial charge on any atom is -0.373 e. The highest BCUT2D eigenvalue weighted by Crippen LogP contribution is 2.12. The Morgan fingerprint density at radius 1 is 1.42 bits per heavy atom. The average Bonchev–Trinajstić information content (AvgIpc) is 2.07. The molecule has 1 atom stereocenters. The van der Waals surface area contributed by atoms with E-state index in [-0.39, 0.29) is 0 Å². The van der Waals surface area contributed by atoms with Crippen LogP contribution < -0.4 is 4.90 Å². The van der Waals surface area contributed by atoms with E-state index in [0.29, 0.717) is 5.69 Å². The van der Waals surface area contributed by atoms with Crippen molar-refractivity contribution >= 4 is 12.1 Å². The van der Waals surface area contributed by atoms with Crippen molar-refractivity contribution in [1.29, 1.82) is 0 Å². The third kappa shape index (κ3) is 1.83. The molecule has 3 nitrogen and oxygen atoms in total. The van der Waals surface area contributed by atoms with Gasteiger partial charge in [-0.05, 0) is 19.1 Å². The zero-order valence-corrected chi connectivity index (χ0v) is 6.77. The molecule has 0 bridgehead atoms. The maximum absolute atomic E-state index is 10.4. The molecular formula is C9H10NO2. The number of nitrogens with zero attached hydrogens (tertiary/aromatic N) is 1. The van der Waals surface area contributed by atoms with E-state index in [0.717, 1.165) is 4.90 Å². The average molecular weight is 164 g/mol. The molecule has 1 aromatic carbocycles. The SMILES string of the molecule is CC(O)N([C]=O)c1ccccc1. The first-order chi connectivity index (χ1) is 5.75. The normalized spacial score (nSPS) is 12.2. The molecule has 0 aliphatic carbocycles. The highest BCUT2D eigenvalue weighted by Gasteiger charge is 2.09. The summed E-state index contributed by atoms with van der Waals surface area (Å²) in [5.74, 6) is 0. The zero-order valence-electron chi connectivity index (χ0n) is 6.77. The number of hydrogen-bond donors (Lipinski definition) is 1. The molecule has 0 saturated carbocycles. The molecule has 0 aliphatic heterocycles. The molecule has 0 saturated heterocycles. The van der Waals surface area contributed by atoms with Gasteiger partial charge in [0.05, 0.1) is 0 Å². The van der Waals surface area contributed by atoms with Crippen molar-refractivity contribution in [2.45, 2.75) is 13.2 Å². The maximum atomic E-state index is 10.4. The fraction of sp³-hybridized carbons (Fsp3) is 0.222. The van der Waals surface area contributed by atoms with E-state index in [2.05, 4.69) is 0 Å². The van der Waals surface area contributed by atoms with Gasteiger partial charge >= 0.3 is 6.41 Å². The number of benzene rings is 1. The first kappa shape index (κ1) is 8.74. The molecule has 0 fully saturated rings. The summed E-state index contributed by atoms with van der Waals surface area (Å²) < 4.78 is 0. The third-order valence-corrected chi connectivity index (χ3v) is 1.51. The first-order valence-electron chi connectivity index (χ1n) is 3.66. The topological polar surface area (TPSA) is 40.5 Å². The molecule has 1 N–H and O–H groups in total. The van der Waals surface area contributed by atoms with Gasteiger partial charge in [-0.25, -0.2) is 0 Å². The van der Waals surface area contributed by atoms with Gasteiger partial charge in [-0.2, -0.15) is 0 Å². The van der Waals surface area contributed by atoms with Crippen molar-refractivity contribution in [2.24, 2.45) is 0 Å². The van der Waals surface area contributed by atoms with Crippen LogP contribution in [0.2, 0.25) is 0 Å². The van der Waals surface area contributed by atoms with Gasteiger partial charge in [0.25, 0.3) is 0 Å². The number of rotatable bonds is 3. The second-order valence-electron chi connectivity index (χ2n) is 2.43. The molecule has 0 aliphatic rings. The zero-order chi connectivity index (χ0) is 8.97. The molecule has 3 heteroatoms. The van der Waals surface area contributed by atoms with Gasteiger partial charge in [0.15, 0.2) is 0 Å². The summed E-state index contributed by atoms with van der Waals surface area (Å²) in [5.41, 5.74) is 0.641. The molecular weight excluding hydrogens is 154 g/mol. The summed E-state index contributed by atoms with van der Waals surface area (Å²) in [7, 11) is 0. The van der Waals surface area contributed by atoms with E-state index >= 15 is 0 Å². The quantitative estimate of drug-likeness (QED) is 0.532. The fourth-order valence-electron chi connectivity index (χ4n) is 0.933. The van der Waals surface area contributed by atoms with Crippen molar-refractivity contribution in [3.05, 3.63) is 30.3 Å². The summed E-state index contributed by atoms with van der Waals surface area (Å²) in [5, 5.41) is 9.13. The summed E-state index contributed by atoms with van der Waals surface area (Å²) >= 11 is 0. The lowest BCUT2D eigenvalue weighted by atomic mass is 10.3. The van der Waals surface area contributed by atoms with Gasteiger partial charge < -0.3 is 5.11 Å². The van der Waals surface area contributed by atoms with E-state index in [4.69, 9.17) is 5.11 Å². The predicted octanol–water partition coefficient (Wildman–Crippen LogP) is 0.898. The minimum atomic E-state index is -0.843. The Balaban J connectivity index is 2.88. The molecule has 0 spiro atoms. The van der Waals surface area contributed by atoms with Crippen molar-refractivity contribution in [1.82, 2.24) is 0 Å². The lowest BCUT2D eigenvalue weighted by Gasteiger charge is -2.18. The molecule has 63 valence electrons. The van der Waals surface area contributed by atoms with E-state index < -0.39 is 6.23 Å². The van der Waals surface area contributed by atoms with Crippen LogP contribution in [0.25, 0.3) is 0 Å². The van der Waals surface area contributed by atoms with E-state index in [1.807, 2.05) is 6.07 Å². The number of para-hydroxylation sites is 1. The smallest absolute Gasteiger partial charge is 0.319 e. The number of anilines is 1. The molecule has 12 heavy (non-hydrogen) atoms. The lowest BCUT2D eigenvalue weighted by molar-refractivity contribution is 0.203. The van der Waals surface area contributed by atoms with Gasteiger partial charge in [0.2, 0.25) is 0 Å². The van der Waals surface area contributed by atoms with Crippen molar-refractivity contribution in [2.75, 3.05) is 4.90 Å². The van der Waals surface area contributed by atoms with Crippen molar-refractivity contribution < 1.29 is 9.90 Å². The first-order valence-corrected chi connectivity index (χ1v) is 3.66. The Kier molecular flexibility index (Phi) is 2.82. The van der Waals surface area contributed by atoms with Gasteiger partial charge in [-0.1, -0.05) is 18.2 Å². The molecule has 1 radical (unpaired) electrons. The van der Waals surface area contributed by atoms with E-state index in [1.54, 1.807) is 30.7 Å². The van der Waals surface area contributed by atoms with Crippen LogP contribution in [0.4, 0.5) is 5.69 Å². The second-order valence-corrected chi connectivity index (χ2v) is 2.43. The molecule has 1 aromatic rings.